The van der Waals surface area contributed by atoms with Crippen LogP contribution in [0.15, 0.2) is 12.4 Å². The summed E-state index contributed by atoms with van der Waals surface area (Å²) in [5, 5.41) is 10.7. The van der Waals surface area contributed by atoms with Gasteiger partial charge in [0.25, 0.3) is 0 Å². The Hall–Kier alpha value is -1.96. The van der Waals surface area contributed by atoms with Gasteiger partial charge in [-0.15, -0.1) is 5.10 Å². The highest BCUT2D eigenvalue weighted by Gasteiger charge is 2.36. The lowest BCUT2D eigenvalue weighted by Gasteiger charge is -2.32. The molecule has 0 bridgehead atoms. The summed E-state index contributed by atoms with van der Waals surface area (Å²) in [6.07, 6.45) is 4.83. The number of hydrogen-bond acceptors (Lipinski definition) is 5. The Labute approximate surface area is 123 Å². The fraction of sp³-hybridized carbons (Fsp3) is 0.692. The molecule has 1 N–H and O–H groups in total. The average Bonchev–Trinajstić information content (AvgIpc) is 3.18. The summed E-state index contributed by atoms with van der Waals surface area (Å²) >= 11 is 0. The maximum absolute atomic E-state index is 12.6. The zero-order valence-electron chi connectivity index (χ0n) is 11.9. The normalized spacial score (nSPS) is 22.6. The number of aromatic nitrogens is 3. The third-order valence-electron chi connectivity index (χ3n) is 4.06. The lowest BCUT2D eigenvalue weighted by molar-refractivity contribution is -0.144. The molecule has 2 aliphatic rings. The molecule has 2 fully saturated rings. The Balaban J connectivity index is 1.64. The van der Waals surface area contributed by atoms with Gasteiger partial charge in [0.15, 0.2) is 0 Å². The summed E-state index contributed by atoms with van der Waals surface area (Å²) in [6, 6.07) is -0.306. The Bertz CT molecular complexity index is 497. The van der Waals surface area contributed by atoms with E-state index in [2.05, 4.69) is 15.6 Å². The maximum Gasteiger partial charge on any atom is 0.245 e. The molecule has 0 aromatic carbocycles. The van der Waals surface area contributed by atoms with E-state index in [-0.39, 0.29) is 24.4 Å². The van der Waals surface area contributed by atoms with E-state index in [4.69, 9.17) is 0 Å². The third kappa shape index (κ3) is 3.05. The van der Waals surface area contributed by atoms with Crippen LogP contribution in [0.25, 0.3) is 0 Å². The minimum Gasteiger partial charge on any atom is -0.338 e. The molecule has 3 heterocycles. The molecule has 114 valence electrons. The van der Waals surface area contributed by atoms with Crippen molar-refractivity contribution in [2.45, 2.75) is 25.4 Å². The van der Waals surface area contributed by atoms with Gasteiger partial charge in [-0.05, 0) is 12.8 Å². The van der Waals surface area contributed by atoms with Crippen molar-refractivity contribution in [3.63, 3.8) is 0 Å². The number of nitrogens with one attached hydrogen (secondary N) is 1. The van der Waals surface area contributed by atoms with Gasteiger partial charge in [0.05, 0.1) is 6.20 Å². The number of amides is 2. The van der Waals surface area contributed by atoms with Crippen molar-refractivity contribution in [1.29, 1.82) is 0 Å². The smallest absolute Gasteiger partial charge is 0.245 e. The molecule has 0 aliphatic carbocycles. The summed E-state index contributed by atoms with van der Waals surface area (Å²) in [5.41, 5.74) is 0. The number of likely N-dealkylation sites (tertiary alicyclic amines) is 1. The minimum absolute atomic E-state index is 0.0634. The Kier molecular flexibility index (Phi) is 4.14. The first-order chi connectivity index (χ1) is 10.3. The van der Waals surface area contributed by atoms with Gasteiger partial charge in [0, 0.05) is 38.9 Å². The monoisotopic (exact) mass is 292 g/mol. The van der Waals surface area contributed by atoms with Crippen molar-refractivity contribution in [3.05, 3.63) is 12.4 Å². The summed E-state index contributed by atoms with van der Waals surface area (Å²) < 4.78 is 1.49. The number of carbonyl (C=O) groups excluding carboxylic acids is 2. The van der Waals surface area contributed by atoms with E-state index >= 15 is 0 Å². The second kappa shape index (κ2) is 6.21. The summed E-state index contributed by atoms with van der Waals surface area (Å²) in [6.45, 7) is 3.89. The summed E-state index contributed by atoms with van der Waals surface area (Å²) in [4.78, 5) is 28.5. The van der Waals surface area contributed by atoms with Crippen LogP contribution in [-0.4, -0.2) is 75.4 Å². The fourth-order valence-corrected chi connectivity index (χ4v) is 2.96. The number of rotatable bonds is 3. The molecule has 2 saturated heterocycles. The van der Waals surface area contributed by atoms with Gasteiger partial charge < -0.3 is 15.1 Å². The van der Waals surface area contributed by atoms with E-state index < -0.39 is 0 Å². The topological polar surface area (TPSA) is 83.4 Å². The highest BCUT2D eigenvalue weighted by Crippen LogP contribution is 2.20. The second-order valence-electron chi connectivity index (χ2n) is 5.42. The maximum atomic E-state index is 12.6. The molecule has 2 amide bonds. The predicted octanol–water partition coefficient (Wildman–Crippen LogP) is -1.30. The van der Waals surface area contributed by atoms with Gasteiger partial charge >= 0.3 is 0 Å². The molecule has 0 radical (unpaired) electrons. The van der Waals surface area contributed by atoms with Gasteiger partial charge in [0.2, 0.25) is 11.8 Å². The molecular weight excluding hydrogens is 272 g/mol. The zero-order chi connectivity index (χ0) is 14.7. The lowest BCUT2D eigenvalue weighted by atomic mass is 10.1. The molecule has 1 aromatic rings. The number of hydrogen-bond donors (Lipinski definition) is 1. The number of piperazine rings is 1. The van der Waals surface area contributed by atoms with Gasteiger partial charge in [-0.1, -0.05) is 5.21 Å². The van der Waals surface area contributed by atoms with E-state index in [0.29, 0.717) is 6.54 Å². The van der Waals surface area contributed by atoms with E-state index in [1.807, 2.05) is 4.90 Å². The molecule has 0 spiro atoms. The van der Waals surface area contributed by atoms with Crippen LogP contribution in [0.1, 0.15) is 12.8 Å². The molecule has 3 rings (SSSR count). The third-order valence-corrected chi connectivity index (χ3v) is 4.06. The standard InChI is InChI=1S/C13H20N6O2/c20-12(10-18-9-5-15-16-18)19-6-1-2-11(19)13(21)17-7-3-14-4-8-17/h5,9,11,14H,1-4,6-8,10H2. The van der Waals surface area contributed by atoms with E-state index in [9.17, 15) is 9.59 Å². The van der Waals surface area contributed by atoms with E-state index in [1.165, 1.54) is 4.68 Å². The van der Waals surface area contributed by atoms with Crippen LogP contribution in [0.4, 0.5) is 0 Å². The highest BCUT2D eigenvalue weighted by atomic mass is 16.2. The van der Waals surface area contributed by atoms with E-state index in [1.54, 1.807) is 17.3 Å². The van der Waals surface area contributed by atoms with Crippen molar-refractivity contribution < 1.29 is 9.59 Å². The molecule has 2 aliphatic heterocycles. The van der Waals surface area contributed by atoms with Crippen molar-refractivity contribution in [2.75, 3.05) is 32.7 Å². The van der Waals surface area contributed by atoms with Crippen LogP contribution < -0.4 is 5.32 Å². The van der Waals surface area contributed by atoms with Crippen LogP contribution >= 0.6 is 0 Å². The Morgan fingerprint density at radius 2 is 2.05 bits per heavy atom. The van der Waals surface area contributed by atoms with Crippen LogP contribution in [0.5, 0.6) is 0 Å². The molecule has 21 heavy (non-hydrogen) atoms. The first-order valence-corrected chi connectivity index (χ1v) is 7.39. The molecule has 8 nitrogen and oxygen atoms in total. The molecule has 1 atom stereocenters. The Morgan fingerprint density at radius 3 is 2.76 bits per heavy atom. The SMILES string of the molecule is O=C(C1CCCN1C(=O)Cn1ccnn1)N1CCNCC1. The largest absolute Gasteiger partial charge is 0.338 e. The van der Waals surface area contributed by atoms with Crippen LogP contribution in [-0.2, 0) is 16.1 Å². The van der Waals surface area contributed by atoms with Crippen molar-refractivity contribution in [2.24, 2.45) is 0 Å². The van der Waals surface area contributed by atoms with Crippen LogP contribution in [0.2, 0.25) is 0 Å². The second-order valence-corrected chi connectivity index (χ2v) is 5.42. The predicted molar refractivity (Wildman–Crippen MR) is 74.2 cm³/mol. The van der Waals surface area contributed by atoms with Crippen molar-refractivity contribution >= 4 is 11.8 Å². The van der Waals surface area contributed by atoms with Gasteiger partial charge in [0.1, 0.15) is 12.6 Å². The fourth-order valence-electron chi connectivity index (χ4n) is 2.96. The molecule has 1 aromatic heterocycles. The molecular formula is C13H20N6O2. The molecule has 1 unspecified atom stereocenters. The molecule has 8 heteroatoms. The quantitative estimate of drug-likeness (QED) is 0.749. The zero-order valence-corrected chi connectivity index (χ0v) is 11.9. The number of carbonyl (C=O) groups is 2. The summed E-state index contributed by atoms with van der Waals surface area (Å²) in [7, 11) is 0. The van der Waals surface area contributed by atoms with Gasteiger partial charge in [-0.3, -0.25) is 9.59 Å². The Morgan fingerprint density at radius 1 is 1.24 bits per heavy atom. The van der Waals surface area contributed by atoms with E-state index in [0.717, 1.165) is 39.0 Å². The van der Waals surface area contributed by atoms with Crippen LogP contribution in [0, 0.1) is 0 Å². The van der Waals surface area contributed by atoms with Gasteiger partial charge in [-0.25, -0.2) is 4.68 Å². The average molecular weight is 292 g/mol. The van der Waals surface area contributed by atoms with Crippen LogP contribution in [0.3, 0.4) is 0 Å². The lowest BCUT2D eigenvalue weighted by Crippen LogP contribution is -2.53. The van der Waals surface area contributed by atoms with Crippen molar-refractivity contribution in [1.82, 2.24) is 30.1 Å². The first kappa shape index (κ1) is 14.0. The summed E-state index contributed by atoms with van der Waals surface area (Å²) in [5.74, 6) is 0.0208. The van der Waals surface area contributed by atoms with Gasteiger partial charge in [-0.2, -0.15) is 0 Å². The minimum atomic E-state index is -0.306. The highest BCUT2D eigenvalue weighted by molar-refractivity contribution is 5.88. The van der Waals surface area contributed by atoms with Crippen molar-refractivity contribution in [3.8, 4) is 0 Å². The first-order valence-electron chi connectivity index (χ1n) is 7.39. The molecule has 0 saturated carbocycles. The number of nitrogens with zero attached hydrogens (tertiary/aromatic N) is 5.